The number of carbonyl (C=O) groups excluding carboxylic acids is 2. The predicted octanol–water partition coefficient (Wildman–Crippen LogP) is 3.31. The number of hydrogen-bond acceptors (Lipinski definition) is 5. The van der Waals surface area contributed by atoms with Crippen molar-refractivity contribution in [3.63, 3.8) is 0 Å². The highest BCUT2D eigenvalue weighted by Gasteiger charge is 2.29. The molecule has 27 heavy (non-hydrogen) atoms. The Bertz CT molecular complexity index is 819. The van der Waals surface area contributed by atoms with Gasteiger partial charge in [-0.05, 0) is 49.2 Å². The molecule has 0 atom stereocenters. The first kappa shape index (κ1) is 18.6. The molecule has 1 aliphatic rings. The lowest BCUT2D eigenvalue weighted by Crippen LogP contribution is -2.14. The number of nitrogens with one attached hydrogen (secondary N) is 2. The summed E-state index contributed by atoms with van der Waals surface area (Å²) < 4.78 is 15.8. The zero-order chi connectivity index (χ0) is 19.4. The number of benzene rings is 2. The standard InChI is InChI=1S/C20H22N2O5/c1-25-16-10-13(11-17(26-2)18(16)27-3)20(24)22-15-8-6-14(7-9-15)21-19(23)12-4-5-12/h6-12H,4-5H2,1-3H3,(H,21,23)(H,22,24). The van der Waals surface area contributed by atoms with Crippen LogP contribution in [0.1, 0.15) is 23.2 Å². The molecule has 2 aromatic rings. The first-order valence-electron chi connectivity index (χ1n) is 8.58. The molecule has 2 amide bonds. The second-order valence-electron chi connectivity index (χ2n) is 6.21. The first-order chi connectivity index (χ1) is 13.0. The number of ether oxygens (including phenoxy) is 3. The van der Waals surface area contributed by atoms with Crippen molar-refractivity contribution < 1.29 is 23.8 Å². The van der Waals surface area contributed by atoms with Crippen LogP contribution in [0.5, 0.6) is 17.2 Å². The van der Waals surface area contributed by atoms with Crippen molar-refractivity contribution in [1.29, 1.82) is 0 Å². The van der Waals surface area contributed by atoms with Crippen LogP contribution in [0.15, 0.2) is 36.4 Å². The summed E-state index contributed by atoms with van der Waals surface area (Å²) in [5.41, 5.74) is 1.69. The summed E-state index contributed by atoms with van der Waals surface area (Å²) in [5.74, 6) is 1.10. The Kier molecular flexibility index (Phi) is 5.49. The van der Waals surface area contributed by atoms with Gasteiger partial charge in [-0.1, -0.05) is 0 Å². The molecular weight excluding hydrogens is 348 g/mol. The van der Waals surface area contributed by atoms with Crippen molar-refractivity contribution in [2.24, 2.45) is 5.92 Å². The summed E-state index contributed by atoms with van der Waals surface area (Å²) in [7, 11) is 4.49. The van der Waals surface area contributed by atoms with E-state index in [1.165, 1.54) is 21.3 Å². The molecule has 0 bridgehead atoms. The van der Waals surface area contributed by atoms with Gasteiger partial charge in [0.15, 0.2) is 11.5 Å². The molecule has 7 nitrogen and oxygen atoms in total. The SMILES string of the molecule is COc1cc(C(=O)Nc2ccc(NC(=O)C3CC3)cc2)cc(OC)c1OC. The summed E-state index contributed by atoms with van der Waals surface area (Å²) in [6, 6.07) is 10.1. The Balaban J connectivity index is 1.72. The Hall–Kier alpha value is -3.22. The topological polar surface area (TPSA) is 85.9 Å². The molecule has 2 aromatic carbocycles. The number of anilines is 2. The van der Waals surface area contributed by atoms with Crippen LogP contribution in [0.3, 0.4) is 0 Å². The van der Waals surface area contributed by atoms with E-state index >= 15 is 0 Å². The van der Waals surface area contributed by atoms with Gasteiger partial charge < -0.3 is 24.8 Å². The number of methoxy groups -OCH3 is 3. The van der Waals surface area contributed by atoms with Crippen molar-refractivity contribution >= 4 is 23.2 Å². The molecule has 1 fully saturated rings. The number of amides is 2. The summed E-state index contributed by atoms with van der Waals surface area (Å²) >= 11 is 0. The normalized spacial score (nSPS) is 12.9. The van der Waals surface area contributed by atoms with Crippen LogP contribution < -0.4 is 24.8 Å². The third kappa shape index (κ3) is 4.31. The summed E-state index contributed by atoms with van der Waals surface area (Å²) in [5, 5.41) is 5.67. The smallest absolute Gasteiger partial charge is 0.255 e. The van der Waals surface area contributed by atoms with Gasteiger partial charge in [0, 0.05) is 22.9 Å². The lowest BCUT2D eigenvalue weighted by atomic mass is 10.1. The van der Waals surface area contributed by atoms with Crippen molar-refractivity contribution in [2.75, 3.05) is 32.0 Å². The van der Waals surface area contributed by atoms with Crippen LogP contribution >= 0.6 is 0 Å². The fourth-order valence-electron chi connectivity index (χ4n) is 2.64. The zero-order valence-corrected chi connectivity index (χ0v) is 15.5. The van der Waals surface area contributed by atoms with Crippen molar-refractivity contribution in [3.8, 4) is 17.2 Å². The van der Waals surface area contributed by atoms with E-state index in [1.54, 1.807) is 36.4 Å². The molecule has 0 unspecified atom stereocenters. The number of rotatable bonds is 7. The monoisotopic (exact) mass is 370 g/mol. The highest BCUT2D eigenvalue weighted by atomic mass is 16.5. The molecule has 142 valence electrons. The van der Waals surface area contributed by atoms with Crippen molar-refractivity contribution in [3.05, 3.63) is 42.0 Å². The Morgan fingerprint density at radius 1 is 0.852 bits per heavy atom. The molecule has 0 spiro atoms. The third-order valence-corrected chi connectivity index (χ3v) is 4.29. The van der Waals surface area contributed by atoms with E-state index in [4.69, 9.17) is 14.2 Å². The molecule has 0 radical (unpaired) electrons. The summed E-state index contributed by atoms with van der Waals surface area (Å²) in [6.45, 7) is 0. The number of carbonyl (C=O) groups is 2. The van der Waals surface area contributed by atoms with Gasteiger partial charge in [-0.15, -0.1) is 0 Å². The molecule has 2 N–H and O–H groups in total. The Labute approximate surface area is 157 Å². The van der Waals surface area contributed by atoms with Gasteiger partial charge in [0.25, 0.3) is 5.91 Å². The van der Waals surface area contributed by atoms with Crippen molar-refractivity contribution in [2.45, 2.75) is 12.8 Å². The van der Waals surface area contributed by atoms with E-state index in [0.29, 0.717) is 34.2 Å². The van der Waals surface area contributed by atoms with Crippen LogP contribution in [0.4, 0.5) is 11.4 Å². The Morgan fingerprint density at radius 2 is 1.37 bits per heavy atom. The van der Waals surface area contributed by atoms with Crippen LogP contribution in [0.25, 0.3) is 0 Å². The second kappa shape index (κ2) is 7.99. The molecule has 0 heterocycles. The molecule has 1 saturated carbocycles. The fourth-order valence-corrected chi connectivity index (χ4v) is 2.64. The predicted molar refractivity (Wildman–Crippen MR) is 102 cm³/mol. The first-order valence-corrected chi connectivity index (χ1v) is 8.58. The minimum atomic E-state index is -0.316. The second-order valence-corrected chi connectivity index (χ2v) is 6.21. The minimum Gasteiger partial charge on any atom is -0.493 e. The van der Waals surface area contributed by atoms with Gasteiger partial charge in [-0.2, -0.15) is 0 Å². The molecule has 1 aliphatic carbocycles. The van der Waals surface area contributed by atoms with Gasteiger partial charge in [0.1, 0.15) is 0 Å². The molecule has 3 rings (SSSR count). The fraction of sp³-hybridized carbons (Fsp3) is 0.300. The highest BCUT2D eigenvalue weighted by Crippen LogP contribution is 2.38. The molecule has 0 aromatic heterocycles. The average Bonchev–Trinajstić information content (AvgIpc) is 3.53. The van der Waals surface area contributed by atoms with Crippen LogP contribution in [-0.2, 0) is 4.79 Å². The van der Waals surface area contributed by atoms with Gasteiger partial charge in [-0.25, -0.2) is 0 Å². The quantitative estimate of drug-likeness (QED) is 0.781. The third-order valence-electron chi connectivity index (χ3n) is 4.29. The maximum atomic E-state index is 12.6. The zero-order valence-electron chi connectivity index (χ0n) is 15.5. The maximum Gasteiger partial charge on any atom is 0.255 e. The number of hydrogen-bond donors (Lipinski definition) is 2. The summed E-state index contributed by atoms with van der Waals surface area (Å²) in [6.07, 6.45) is 1.91. The van der Waals surface area contributed by atoms with E-state index in [9.17, 15) is 9.59 Å². The van der Waals surface area contributed by atoms with Crippen LogP contribution in [-0.4, -0.2) is 33.1 Å². The van der Waals surface area contributed by atoms with Crippen molar-refractivity contribution in [1.82, 2.24) is 0 Å². The van der Waals surface area contributed by atoms with E-state index in [1.807, 2.05) is 0 Å². The average molecular weight is 370 g/mol. The van der Waals surface area contributed by atoms with Gasteiger partial charge in [-0.3, -0.25) is 9.59 Å². The van der Waals surface area contributed by atoms with E-state index in [2.05, 4.69) is 10.6 Å². The highest BCUT2D eigenvalue weighted by molar-refractivity contribution is 6.05. The maximum absolute atomic E-state index is 12.6. The molecule has 7 heteroatoms. The minimum absolute atomic E-state index is 0.0456. The molecule has 0 aliphatic heterocycles. The summed E-state index contributed by atoms with van der Waals surface area (Å²) in [4.78, 5) is 24.4. The molecule has 0 saturated heterocycles. The van der Waals surface area contributed by atoms with E-state index in [0.717, 1.165) is 12.8 Å². The largest absolute Gasteiger partial charge is 0.493 e. The van der Waals surface area contributed by atoms with E-state index < -0.39 is 0 Å². The van der Waals surface area contributed by atoms with Gasteiger partial charge >= 0.3 is 0 Å². The molecular formula is C20H22N2O5. The Morgan fingerprint density at radius 3 is 1.81 bits per heavy atom. The van der Waals surface area contributed by atoms with Gasteiger partial charge in [0.2, 0.25) is 11.7 Å². The lowest BCUT2D eigenvalue weighted by molar-refractivity contribution is -0.117. The van der Waals surface area contributed by atoms with Gasteiger partial charge in [0.05, 0.1) is 21.3 Å². The lowest BCUT2D eigenvalue weighted by Gasteiger charge is -2.14. The van der Waals surface area contributed by atoms with Crippen LogP contribution in [0, 0.1) is 5.92 Å². The van der Waals surface area contributed by atoms with Crippen LogP contribution in [0.2, 0.25) is 0 Å². The van der Waals surface area contributed by atoms with E-state index in [-0.39, 0.29) is 17.7 Å².